The van der Waals surface area contributed by atoms with E-state index in [9.17, 15) is 9.59 Å². The van der Waals surface area contributed by atoms with Gasteiger partial charge in [0.05, 0.1) is 12.0 Å². The number of aliphatic carboxylic acids is 1. The summed E-state index contributed by atoms with van der Waals surface area (Å²) in [7, 11) is 3.52. The van der Waals surface area contributed by atoms with Crippen LogP contribution in [0.1, 0.15) is 46.5 Å². The van der Waals surface area contributed by atoms with Crippen molar-refractivity contribution in [3.8, 4) is 0 Å². The lowest BCUT2D eigenvalue weighted by Crippen LogP contribution is -2.48. The van der Waals surface area contributed by atoms with E-state index in [1.165, 1.54) is 5.01 Å². The van der Waals surface area contributed by atoms with E-state index in [-0.39, 0.29) is 12.5 Å². The van der Waals surface area contributed by atoms with Crippen molar-refractivity contribution in [1.82, 2.24) is 10.0 Å². The Balaban J connectivity index is 4.57. The highest BCUT2D eigenvalue weighted by Crippen LogP contribution is 2.18. The topological polar surface area (TPSA) is 60.9 Å². The van der Waals surface area contributed by atoms with Crippen LogP contribution in [0.2, 0.25) is 0 Å². The molecule has 0 heterocycles. The van der Waals surface area contributed by atoms with E-state index in [0.29, 0.717) is 6.42 Å². The molecule has 0 aromatic carbocycles. The standard InChI is InChI=1S/C13H26N2O3/c1-6-7-8-9-11(16)15(14(4)5)10-13(2,3)12(17)18/h6-10H2,1-5H3,(H,17,18). The van der Waals surface area contributed by atoms with Gasteiger partial charge < -0.3 is 5.11 Å². The van der Waals surface area contributed by atoms with Crippen LogP contribution >= 0.6 is 0 Å². The highest BCUT2D eigenvalue weighted by atomic mass is 16.4. The summed E-state index contributed by atoms with van der Waals surface area (Å²) < 4.78 is 0. The van der Waals surface area contributed by atoms with Crippen LogP contribution in [0.15, 0.2) is 0 Å². The quantitative estimate of drug-likeness (QED) is 0.534. The van der Waals surface area contributed by atoms with E-state index in [0.717, 1.165) is 19.3 Å². The van der Waals surface area contributed by atoms with Gasteiger partial charge in [0, 0.05) is 20.5 Å². The van der Waals surface area contributed by atoms with Crippen LogP contribution in [0, 0.1) is 5.41 Å². The zero-order valence-corrected chi connectivity index (χ0v) is 12.2. The van der Waals surface area contributed by atoms with E-state index >= 15 is 0 Å². The van der Waals surface area contributed by atoms with Crippen molar-refractivity contribution in [2.24, 2.45) is 5.41 Å². The van der Waals surface area contributed by atoms with Gasteiger partial charge in [-0.25, -0.2) is 5.01 Å². The molecule has 0 fully saturated rings. The number of rotatable bonds is 8. The molecule has 0 radical (unpaired) electrons. The number of carboxylic acid groups (broad SMARTS) is 1. The van der Waals surface area contributed by atoms with Crippen molar-refractivity contribution < 1.29 is 14.7 Å². The van der Waals surface area contributed by atoms with Crippen molar-refractivity contribution in [3.63, 3.8) is 0 Å². The molecule has 18 heavy (non-hydrogen) atoms. The van der Waals surface area contributed by atoms with Gasteiger partial charge in [-0.05, 0) is 20.3 Å². The molecular formula is C13H26N2O3. The zero-order valence-electron chi connectivity index (χ0n) is 12.2. The molecule has 0 atom stereocenters. The smallest absolute Gasteiger partial charge is 0.310 e. The molecule has 0 bridgehead atoms. The number of hydrazine groups is 1. The van der Waals surface area contributed by atoms with Gasteiger partial charge in [-0.2, -0.15) is 0 Å². The van der Waals surface area contributed by atoms with Crippen LogP contribution in [-0.4, -0.2) is 47.6 Å². The average molecular weight is 258 g/mol. The highest BCUT2D eigenvalue weighted by Gasteiger charge is 2.32. The Morgan fingerprint density at radius 1 is 1.17 bits per heavy atom. The number of amides is 1. The Morgan fingerprint density at radius 3 is 2.11 bits per heavy atom. The zero-order chi connectivity index (χ0) is 14.3. The third-order valence-corrected chi connectivity index (χ3v) is 2.89. The Hall–Kier alpha value is -1.10. The van der Waals surface area contributed by atoms with Crippen LogP contribution in [-0.2, 0) is 9.59 Å². The molecule has 0 saturated carbocycles. The van der Waals surface area contributed by atoms with Crippen LogP contribution < -0.4 is 0 Å². The molecule has 0 aliphatic heterocycles. The van der Waals surface area contributed by atoms with Gasteiger partial charge in [-0.15, -0.1) is 0 Å². The second-order valence-electron chi connectivity index (χ2n) is 5.44. The number of hydrogen-bond donors (Lipinski definition) is 1. The van der Waals surface area contributed by atoms with Gasteiger partial charge in [0.25, 0.3) is 0 Å². The minimum atomic E-state index is -0.940. The lowest BCUT2D eigenvalue weighted by molar-refractivity contribution is -0.157. The molecule has 1 amide bonds. The van der Waals surface area contributed by atoms with Gasteiger partial charge in [-0.1, -0.05) is 19.8 Å². The molecule has 0 aromatic rings. The third kappa shape index (κ3) is 5.49. The average Bonchev–Trinajstić information content (AvgIpc) is 2.25. The summed E-state index contributed by atoms with van der Waals surface area (Å²) in [5.74, 6) is -0.904. The summed E-state index contributed by atoms with van der Waals surface area (Å²) >= 11 is 0. The monoisotopic (exact) mass is 258 g/mol. The first-order valence-corrected chi connectivity index (χ1v) is 6.43. The number of unbranched alkanes of at least 4 members (excludes halogenated alkanes) is 2. The predicted molar refractivity (Wildman–Crippen MR) is 71.0 cm³/mol. The van der Waals surface area contributed by atoms with E-state index in [2.05, 4.69) is 6.92 Å². The minimum absolute atomic E-state index is 0.0113. The van der Waals surface area contributed by atoms with Crippen LogP contribution in [0.4, 0.5) is 0 Å². The predicted octanol–water partition coefficient (Wildman–Crippen LogP) is 1.98. The van der Waals surface area contributed by atoms with E-state index < -0.39 is 11.4 Å². The lowest BCUT2D eigenvalue weighted by atomic mass is 9.93. The third-order valence-electron chi connectivity index (χ3n) is 2.89. The largest absolute Gasteiger partial charge is 0.481 e. The summed E-state index contributed by atoms with van der Waals surface area (Å²) in [6.45, 7) is 5.54. The van der Waals surface area contributed by atoms with Crippen LogP contribution in [0.25, 0.3) is 0 Å². The number of hydrogen-bond acceptors (Lipinski definition) is 3. The molecule has 0 saturated heterocycles. The molecule has 0 spiro atoms. The molecule has 106 valence electrons. The number of carbonyl (C=O) groups excluding carboxylic acids is 1. The number of carboxylic acids is 1. The van der Waals surface area contributed by atoms with Crippen LogP contribution in [0.3, 0.4) is 0 Å². The normalized spacial score (nSPS) is 11.7. The van der Waals surface area contributed by atoms with Crippen molar-refractivity contribution in [1.29, 1.82) is 0 Å². The second kappa shape index (κ2) is 7.36. The first-order valence-electron chi connectivity index (χ1n) is 6.43. The van der Waals surface area contributed by atoms with E-state index in [1.54, 1.807) is 33.0 Å². The molecule has 5 heteroatoms. The molecule has 1 N–H and O–H groups in total. The first-order chi connectivity index (χ1) is 8.22. The highest BCUT2D eigenvalue weighted by molar-refractivity contribution is 5.78. The molecule has 0 rings (SSSR count). The van der Waals surface area contributed by atoms with Crippen molar-refractivity contribution in [3.05, 3.63) is 0 Å². The second-order valence-corrected chi connectivity index (χ2v) is 5.44. The molecule has 0 unspecified atom stereocenters. The SMILES string of the molecule is CCCCCC(=O)N(CC(C)(C)C(=O)O)N(C)C. The Kier molecular flexibility index (Phi) is 6.91. The van der Waals surface area contributed by atoms with Crippen molar-refractivity contribution in [2.45, 2.75) is 46.5 Å². The van der Waals surface area contributed by atoms with Gasteiger partial charge in [-0.3, -0.25) is 14.6 Å². The lowest BCUT2D eigenvalue weighted by Gasteiger charge is -2.34. The molecule has 0 aromatic heterocycles. The molecule has 0 aliphatic carbocycles. The molecular weight excluding hydrogens is 232 g/mol. The van der Waals surface area contributed by atoms with Crippen molar-refractivity contribution >= 4 is 11.9 Å². The van der Waals surface area contributed by atoms with E-state index in [1.807, 2.05) is 0 Å². The summed E-state index contributed by atoms with van der Waals surface area (Å²) in [5, 5.41) is 12.3. The fourth-order valence-corrected chi connectivity index (χ4v) is 1.55. The van der Waals surface area contributed by atoms with Gasteiger partial charge in [0.2, 0.25) is 5.91 Å². The summed E-state index contributed by atoms with van der Waals surface area (Å²) in [6.07, 6.45) is 3.42. The molecule has 0 aliphatic rings. The Morgan fingerprint density at radius 2 is 1.72 bits per heavy atom. The Labute approximate surface area is 110 Å². The Bertz CT molecular complexity index is 288. The number of nitrogens with zero attached hydrogens (tertiary/aromatic N) is 2. The van der Waals surface area contributed by atoms with Crippen LogP contribution in [0.5, 0.6) is 0 Å². The maximum atomic E-state index is 12.1. The van der Waals surface area contributed by atoms with Gasteiger partial charge in [0.1, 0.15) is 0 Å². The minimum Gasteiger partial charge on any atom is -0.481 e. The fourth-order valence-electron chi connectivity index (χ4n) is 1.55. The maximum Gasteiger partial charge on any atom is 0.310 e. The maximum absolute atomic E-state index is 12.1. The van der Waals surface area contributed by atoms with Gasteiger partial charge in [0.15, 0.2) is 0 Å². The summed E-state index contributed by atoms with van der Waals surface area (Å²) in [6, 6.07) is 0. The summed E-state index contributed by atoms with van der Waals surface area (Å²) in [5.41, 5.74) is -0.940. The first kappa shape index (κ1) is 16.9. The summed E-state index contributed by atoms with van der Waals surface area (Å²) in [4.78, 5) is 23.2. The van der Waals surface area contributed by atoms with E-state index in [4.69, 9.17) is 5.11 Å². The number of carbonyl (C=O) groups is 2. The fraction of sp³-hybridized carbons (Fsp3) is 0.846. The van der Waals surface area contributed by atoms with Gasteiger partial charge >= 0.3 is 5.97 Å². The molecule has 5 nitrogen and oxygen atoms in total. The van der Waals surface area contributed by atoms with Crippen molar-refractivity contribution in [2.75, 3.05) is 20.6 Å².